The van der Waals surface area contributed by atoms with E-state index in [9.17, 15) is 14.3 Å². The van der Waals surface area contributed by atoms with E-state index in [1.165, 1.54) is 12.1 Å². The van der Waals surface area contributed by atoms with Crippen LogP contribution in [0.5, 0.6) is 5.75 Å². The summed E-state index contributed by atoms with van der Waals surface area (Å²) < 4.78 is 20.8. The van der Waals surface area contributed by atoms with Crippen LogP contribution < -0.4 is 10.3 Å². The smallest absolute Gasteiger partial charge is 0.258 e. The molecule has 1 N–H and O–H groups in total. The Balaban J connectivity index is 2.19. The minimum atomic E-state index is -0.754. The normalized spacial score (nSPS) is 16.7. The van der Waals surface area contributed by atoms with Crippen molar-refractivity contribution in [2.45, 2.75) is 25.5 Å². The van der Waals surface area contributed by atoms with E-state index < -0.39 is 6.10 Å². The van der Waals surface area contributed by atoms with Gasteiger partial charge in [-0.2, -0.15) is 0 Å². The van der Waals surface area contributed by atoms with Gasteiger partial charge in [-0.05, 0) is 48.7 Å². The number of aliphatic hydroxyl groups excluding tert-OH is 1. The molecule has 1 aliphatic heterocycles. The molecule has 1 aliphatic rings. The summed E-state index contributed by atoms with van der Waals surface area (Å²) in [4.78, 5) is 12.9. The number of methoxy groups -OCH3 is 1. The predicted molar refractivity (Wildman–Crippen MR) is 94.3 cm³/mol. The Morgan fingerprint density at radius 3 is 2.80 bits per heavy atom. The van der Waals surface area contributed by atoms with Crippen LogP contribution in [0.2, 0.25) is 0 Å². The minimum absolute atomic E-state index is 0.133. The molecular weight excluding hydrogens is 321 g/mol. The maximum atomic E-state index is 13.9. The zero-order valence-corrected chi connectivity index (χ0v) is 13.8. The van der Waals surface area contributed by atoms with Gasteiger partial charge in [0.1, 0.15) is 11.6 Å². The molecule has 2 heterocycles. The molecule has 0 saturated carbocycles. The third-order valence-electron chi connectivity index (χ3n) is 4.81. The van der Waals surface area contributed by atoms with Gasteiger partial charge in [-0.3, -0.25) is 4.79 Å². The molecule has 0 spiro atoms. The van der Waals surface area contributed by atoms with Gasteiger partial charge >= 0.3 is 0 Å². The van der Waals surface area contributed by atoms with Crippen LogP contribution in [0.25, 0.3) is 21.9 Å². The van der Waals surface area contributed by atoms with E-state index in [1.54, 1.807) is 42.0 Å². The number of aromatic nitrogens is 1. The molecule has 2 aromatic carbocycles. The fourth-order valence-electron chi connectivity index (χ4n) is 3.67. The van der Waals surface area contributed by atoms with E-state index in [2.05, 4.69) is 0 Å². The van der Waals surface area contributed by atoms with E-state index >= 15 is 0 Å². The molecule has 0 bridgehead atoms. The van der Waals surface area contributed by atoms with Crippen molar-refractivity contribution in [2.75, 3.05) is 7.11 Å². The number of benzene rings is 2. The minimum Gasteiger partial charge on any atom is -0.497 e. The van der Waals surface area contributed by atoms with Gasteiger partial charge in [-0.15, -0.1) is 0 Å². The Kier molecular flexibility index (Phi) is 3.81. The van der Waals surface area contributed by atoms with Gasteiger partial charge in [0.25, 0.3) is 5.56 Å². The highest BCUT2D eigenvalue weighted by atomic mass is 19.1. The van der Waals surface area contributed by atoms with Gasteiger partial charge in [0, 0.05) is 22.9 Å². The molecule has 128 valence electrons. The van der Waals surface area contributed by atoms with Crippen LogP contribution in [0.1, 0.15) is 24.6 Å². The van der Waals surface area contributed by atoms with E-state index in [1.807, 2.05) is 0 Å². The summed E-state index contributed by atoms with van der Waals surface area (Å²) in [6.45, 7) is 0.551. The molecule has 0 amide bonds. The molecule has 0 saturated heterocycles. The number of pyridine rings is 1. The summed E-state index contributed by atoms with van der Waals surface area (Å²) in [6, 6.07) is 11.5. The molecule has 5 heteroatoms. The monoisotopic (exact) mass is 339 g/mol. The van der Waals surface area contributed by atoms with Gasteiger partial charge in [0.2, 0.25) is 0 Å². The molecule has 1 unspecified atom stereocenters. The molecule has 4 nitrogen and oxygen atoms in total. The summed E-state index contributed by atoms with van der Waals surface area (Å²) in [5, 5.41) is 11.8. The average Bonchev–Trinajstić information content (AvgIpc) is 2.62. The lowest BCUT2D eigenvalue weighted by Crippen LogP contribution is -2.30. The quantitative estimate of drug-likeness (QED) is 0.775. The van der Waals surface area contributed by atoms with E-state index in [-0.39, 0.29) is 11.4 Å². The van der Waals surface area contributed by atoms with Crippen LogP contribution in [0.15, 0.2) is 47.3 Å². The predicted octanol–water partition coefficient (Wildman–Crippen LogP) is 3.64. The van der Waals surface area contributed by atoms with Crippen molar-refractivity contribution in [2.24, 2.45) is 0 Å². The van der Waals surface area contributed by atoms with Crippen LogP contribution in [0, 0.1) is 5.82 Å². The Morgan fingerprint density at radius 1 is 1.20 bits per heavy atom. The molecule has 0 aliphatic carbocycles. The fourth-order valence-corrected chi connectivity index (χ4v) is 3.67. The Bertz CT molecular complexity index is 1030. The average molecular weight is 339 g/mol. The fraction of sp³-hybridized carbons (Fsp3) is 0.250. The number of halogens is 1. The van der Waals surface area contributed by atoms with Crippen LogP contribution in [0.3, 0.4) is 0 Å². The van der Waals surface area contributed by atoms with Crippen LogP contribution in [0.4, 0.5) is 4.39 Å². The van der Waals surface area contributed by atoms with Crippen molar-refractivity contribution in [1.29, 1.82) is 0 Å². The lowest BCUT2D eigenvalue weighted by atomic mass is 9.91. The van der Waals surface area contributed by atoms with Gasteiger partial charge in [-0.25, -0.2) is 4.39 Å². The maximum Gasteiger partial charge on any atom is 0.258 e. The van der Waals surface area contributed by atoms with Gasteiger partial charge in [-0.1, -0.05) is 12.1 Å². The molecule has 0 radical (unpaired) electrons. The van der Waals surface area contributed by atoms with Gasteiger partial charge < -0.3 is 14.4 Å². The molecule has 1 atom stereocenters. The molecule has 25 heavy (non-hydrogen) atoms. The lowest BCUT2D eigenvalue weighted by molar-refractivity contribution is 0.138. The number of aliphatic hydroxyl groups is 1. The van der Waals surface area contributed by atoms with Crippen molar-refractivity contribution in [1.82, 2.24) is 4.57 Å². The molecule has 0 fully saturated rings. The first-order chi connectivity index (χ1) is 12.1. The molecule has 4 rings (SSSR count). The van der Waals surface area contributed by atoms with E-state index in [0.29, 0.717) is 46.3 Å². The first kappa shape index (κ1) is 15.8. The zero-order valence-electron chi connectivity index (χ0n) is 13.8. The number of rotatable bonds is 2. The van der Waals surface area contributed by atoms with Gasteiger partial charge in [0.05, 0.1) is 18.9 Å². The van der Waals surface area contributed by atoms with Crippen molar-refractivity contribution in [3.63, 3.8) is 0 Å². The van der Waals surface area contributed by atoms with Crippen molar-refractivity contribution in [3.8, 4) is 16.9 Å². The second-order valence-corrected chi connectivity index (χ2v) is 6.30. The number of hydrogen-bond donors (Lipinski definition) is 1. The van der Waals surface area contributed by atoms with E-state index in [4.69, 9.17) is 4.74 Å². The summed E-state index contributed by atoms with van der Waals surface area (Å²) >= 11 is 0. The number of fused-ring (bicyclic) bond motifs is 2. The highest BCUT2D eigenvalue weighted by molar-refractivity contribution is 5.98. The first-order valence-electron chi connectivity index (χ1n) is 8.28. The summed E-state index contributed by atoms with van der Waals surface area (Å²) in [5.74, 6) is 0.253. The Morgan fingerprint density at radius 2 is 2.04 bits per heavy atom. The maximum absolute atomic E-state index is 13.9. The Hall–Kier alpha value is -2.66. The topological polar surface area (TPSA) is 51.5 Å². The lowest BCUT2D eigenvalue weighted by Gasteiger charge is -2.27. The van der Waals surface area contributed by atoms with Crippen molar-refractivity contribution >= 4 is 10.8 Å². The largest absolute Gasteiger partial charge is 0.497 e. The molecule has 3 aromatic rings. The second-order valence-electron chi connectivity index (χ2n) is 6.30. The number of nitrogens with zero attached hydrogens (tertiary/aromatic N) is 1. The SMILES string of the molecule is COc1ccc2c(=O)n3c(c(-c4cccc(F)c4)c2c1)C(O)CCC3. The second kappa shape index (κ2) is 6.01. The standard InChI is InChI=1S/C20H18FNO3/c1-25-14-7-8-15-16(11-14)18(12-4-2-5-13(21)10-12)19-17(23)6-3-9-22(19)20(15)24/h2,4-5,7-8,10-11,17,23H,3,6,9H2,1H3. The summed E-state index contributed by atoms with van der Waals surface area (Å²) in [5.41, 5.74) is 1.76. The van der Waals surface area contributed by atoms with E-state index in [0.717, 1.165) is 6.42 Å². The number of ether oxygens (including phenoxy) is 1. The zero-order chi connectivity index (χ0) is 17.6. The summed E-state index contributed by atoms with van der Waals surface area (Å²) in [7, 11) is 1.56. The first-order valence-corrected chi connectivity index (χ1v) is 8.28. The van der Waals surface area contributed by atoms with Crippen molar-refractivity contribution in [3.05, 3.63) is 64.3 Å². The van der Waals surface area contributed by atoms with Crippen LogP contribution in [-0.2, 0) is 6.54 Å². The molecular formula is C20H18FNO3. The highest BCUT2D eigenvalue weighted by Gasteiger charge is 2.26. The van der Waals surface area contributed by atoms with Crippen molar-refractivity contribution < 1.29 is 14.2 Å². The highest BCUT2D eigenvalue weighted by Crippen LogP contribution is 2.38. The Labute approximate surface area is 144 Å². The third kappa shape index (κ3) is 2.51. The third-order valence-corrected chi connectivity index (χ3v) is 4.81. The van der Waals surface area contributed by atoms with Crippen LogP contribution in [-0.4, -0.2) is 16.8 Å². The van der Waals surface area contributed by atoms with Gasteiger partial charge in [0.15, 0.2) is 0 Å². The molecule has 1 aromatic heterocycles. The van der Waals surface area contributed by atoms with Crippen LogP contribution >= 0.6 is 0 Å². The summed E-state index contributed by atoms with van der Waals surface area (Å²) in [6.07, 6.45) is 0.561. The number of hydrogen-bond acceptors (Lipinski definition) is 3.